The topological polar surface area (TPSA) is 55.8 Å². The largest absolute Gasteiger partial charge is 0.469 e. The second kappa shape index (κ2) is 11.1. The summed E-state index contributed by atoms with van der Waals surface area (Å²) in [6.45, 7) is 17.4. The number of carbonyl (C=O) groups is 2. The van der Waals surface area contributed by atoms with Gasteiger partial charge in [0.05, 0.1) is 24.7 Å². The molecule has 0 saturated carbocycles. The quantitative estimate of drug-likeness (QED) is 0.319. The normalized spacial score (nSPS) is 12.6. The van der Waals surface area contributed by atoms with E-state index in [0.717, 1.165) is 37.1 Å². The second-order valence-corrected chi connectivity index (χ2v) is 10.6. The highest BCUT2D eigenvalue weighted by Gasteiger charge is 2.32. The molecule has 0 fully saturated rings. The van der Waals surface area contributed by atoms with Gasteiger partial charge in [-0.2, -0.15) is 0 Å². The van der Waals surface area contributed by atoms with Crippen molar-refractivity contribution in [3.63, 3.8) is 0 Å². The van der Waals surface area contributed by atoms with Crippen molar-refractivity contribution < 1.29 is 19.1 Å². The van der Waals surface area contributed by atoms with E-state index in [1.54, 1.807) is 0 Å². The van der Waals surface area contributed by atoms with Crippen LogP contribution < -0.4 is 0 Å². The molecule has 0 unspecified atom stereocenters. The minimum absolute atomic E-state index is 0.0620. The first-order chi connectivity index (χ1) is 12.3. The molecule has 0 radical (unpaired) electrons. The van der Waals surface area contributed by atoms with Crippen molar-refractivity contribution >= 4 is 24.0 Å². The van der Waals surface area contributed by atoms with Crippen molar-refractivity contribution in [1.29, 1.82) is 0 Å². The highest BCUT2D eigenvalue weighted by atomic mass is 32.2. The van der Waals surface area contributed by atoms with Gasteiger partial charge >= 0.3 is 5.97 Å². The molecular formula is C21H39NO4S. The van der Waals surface area contributed by atoms with Crippen molar-refractivity contribution in [2.24, 2.45) is 5.41 Å². The molecule has 0 aliphatic carbocycles. The molecule has 0 aliphatic heterocycles. The average molecular weight is 402 g/mol. The molecule has 5 nitrogen and oxygen atoms in total. The van der Waals surface area contributed by atoms with Gasteiger partial charge in [0.1, 0.15) is 6.29 Å². The summed E-state index contributed by atoms with van der Waals surface area (Å²) < 4.78 is 10.9. The fourth-order valence-corrected chi connectivity index (χ4v) is 3.29. The van der Waals surface area contributed by atoms with Crippen LogP contribution in [-0.4, -0.2) is 60.6 Å². The molecular weight excluding hydrogens is 362 g/mol. The number of hydrogen-bond donors (Lipinski definition) is 0. The number of ether oxygens (including phenoxy) is 2. The Hall–Kier alpha value is -1.01. The lowest BCUT2D eigenvalue weighted by atomic mass is 9.94. The van der Waals surface area contributed by atoms with Crippen molar-refractivity contribution in [3.05, 3.63) is 12.3 Å². The Morgan fingerprint density at radius 1 is 1.15 bits per heavy atom. The van der Waals surface area contributed by atoms with E-state index in [1.807, 2.05) is 46.5 Å². The Bertz CT molecular complexity index is 500. The predicted molar refractivity (Wildman–Crippen MR) is 114 cm³/mol. The highest BCUT2D eigenvalue weighted by molar-refractivity contribution is 8.00. The Labute approximate surface area is 170 Å². The van der Waals surface area contributed by atoms with Gasteiger partial charge in [-0.25, -0.2) is 0 Å². The van der Waals surface area contributed by atoms with Crippen LogP contribution in [0.25, 0.3) is 0 Å². The van der Waals surface area contributed by atoms with E-state index in [4.69, 9.17) is 9.47 Å². The lowest BCUT2D eigenvalue weighted by Gasteiger charge is -2.33. The molecule has 0 spiro atoms. The van der Waals surface area contributed by atoms with Gasteiger partial charge in [-0.3, -0.25) is 4.79 Å². The van der Waals surface area contributed by atoms with E-state index in [-0.39, 0.29) is 16.3 Å². The Morgan fingerprint density at radius 3 is 2.26 bits per heavy atom. The first-order valence-electron chi connectivity index (χ1n) is 9.45. The minimum atomic E-state index is -0.661. The van der Waals surface area contributed by atoms with Crippen LogP contribution in [-0.2, 0) is 19.1 Å². The van der Waals surface area contributed by atoms with E-state index in [0.29, 0.717) is 13.0 Å². The minimum Gasteiger partial charge on any atom is -0.469 e. The zero-order valence-corrected chi connectivity index (χ0v) is 19.3. The summed E-state index contributed by atoms with van der Waals surface area (Å²) in [5, 5.41) is 0. The molecule has 0 aromatic rings. The van der Waals surface area contributed by atoms with Crippen LogP contribution >= 0.6 is 11.8 Å². The fraction of sp³-hybridized carbons (Fsp3) is 0.810. The molecule has 0 saturated heterocycles. The van der Waals surface area contributed by atoms with Crippen LogP contribution in [0.15, 0.2) is 12.3 Å². The first-order valence-corrected chi connectivity index (χ1v) is 10.4. The van der Waals surface area contributed by atoms with Gasteiger partial charge < -0.3 is 19.2 Å². The number of carbonyl (C=O) groups excluding carboxylic acids is 2. The summed E-state index contributed by atoms with van der Waals surface area (Å²) in [6, 6.07) is 0. The summed E-state index contributed by atoms with van der Waals surface area (Å²) in [7, 11) is 3.43. The molecule has 158 valence electrons. The van der Waals surface area contributed by atoms with Gasteiger partial charge in [-0.1, -0.05) is 20.4 Å². The summed E-state index contributed by atoms with van der Waals surface area (Å²) >= 11 is 1.83. The number of hydrogen-bond acceptors (Lipinski definition) is 6. The molecule has 6 heteroatoms. The third-order valence-electron chi connectivity index (χ3n) is 4.64. The average Bonchev–Trinajstić information content (AvgIpc) is 2.60. The lowest BCUT2D eigenvalue weighted by molar-refractivity contribution is -0.158. The smallest absolute Gasteiger partial charge is 0.313 e. The van der Waals surface area contributed by atoms with Gasteiger partial charge in [-0.15, -0.1) is 11.8 Å². The molecule has 27 heavy (non-hydrogen) atoms. The maximum atomic E-state index is 11.8. The third kappa shape index (κ3) is 10.8. The highest BCUT2D eigenvalue weighted by Crippen LogP contribution is 2.31. The molecule has 0 N–H and O–H groups in total. The third-order valence-corrected chi connectivity index (χ3v) is 6.11. The van der Waals surface area contributed by atoms with E-state index in [2.05, 4.69) is 25.3 Å². The Kier molecular flexibility index (Phi) is 10.7. The molecule has 0 aromatic carbocycles. The molecule has 0 aliphatic rings. The van der Waals surface area contributed by atoms with Gasteiger partial charge in [-0.05, 0) is 40.5 Å². The molecule has 0 aromatic heterocycles. The molecule has 0 bridgehead atoms. The Balaban J connectivity index is 4.41. The van der Waals surface area contributed by atoms with Crippen molar-refractivity contribution in [1.82, 2.24) is 4.90 Å². The fourth-order valence-electron chi connectivity index (χ4n) is 2.25. The summed E-state index contributed by atoms with van der Waals surface area (Å²) in [5.74, 6) is 0.567. The van der Waals surface area contributed by atoms with Crippen LogP contribution in [0.3, 0.4) is 0 Å². The zero-order chi connectivity index (χ0) is 21.3. The first kappa shape index (κ1) is 26.0. The number of methoxy groups -OCH3 is 1. The standard InChI is InChI=1S/C21H39NO4S/c1-17(15-27-21(6,7)11-10-14-23)22(8)13-12-20(4,5)26-16-19(2,3)18(24)25-9/h14H,1,10-13,15-16H2,2-9H3. The monoisotopic (exact) mass is 401 g/mol. The van der Waals surface area contributed by atoms with E-state index in [9.17, 15) is 9.59 Å². The molecule has 0 heterocycles. The van der Waals surface area contributed by atoms with Gasteiger partial charge in [0.15, 0.2) is 0 Å². The van der Waals surface area contributed by atoms with Crippen LogP contribution in [0.1, 0.15) is 60.8 Å². The van der Waals surface area contributed by atoms with E-state index < -0.39 is 5.41 Å². The van der Waals surface area contributed by atoms with Crippen molar-refractivity contribution in [3.8, 4) is 0 Å². The lowest BCUT2D eigenvalue weighted by Crippen LogP contribution is -2.37. The van der Waals surface area contributed by atoms with Crippen LogP contribution in [0, 0.1) is 5.41 Å². The zero-order valence-electron chi connectivity index (χ0n) is 18.5. The maximum absolute atomic E-state index is 11.8. The number of nitrogens with zero attached hydrogens (tertiary/aromatic N) is 1. The van der Waals surface area contributed by atoms with Crippen LogP contribution in [0.2, 0.25) is 0 Å². The summed E-state index contributed by atoms with van der Waals surface area (Å²) in [4.78, 5) is 24.5. The number of thioether (sulfide) groups is 1. The molecule has 0 rings (SSSR count). The van der Waals surface area contributed by atoms with Crippen molar-refractivity contribution in [2.75, 3.05) is 33.1 Å². The number of esters is 1. The number of rotatable bonds is 14. The predicted octanol–water partition coefficient (Wildman–Crippen LogP) is 4.31. The summed E-state index contributed by atoms with van der Waals surface area (Å²) in [6.07, 6.45) is 3.26. The van der Waals surface area contributed by atoms with Crippen molar-refractivity contribution in [2.45, 2.75) is 71.2 Å². The van der Waals surface area contributed by atoms with E-state index in [1.165, 1.54) is 7.11 Å². The Morgan fingerprint density at radius 2 is 1.74 bits per heavy atom. The summed E-state index contributed by atoms with van der Waals surface area (Å²) in [5.41, 5.74) is 0.0476. The number of aldehydes is 1. The van der Waals surface area contributed by atoms with Gasteiger partial charge in [0.25, 0.3) is 0 Å². The molecule has 0 atom stereocenters. The van der Waals surface area contributed by atoms with E-state index >= 15 is 0 Å². The maximum Gasteiger partial charge on any atom is 0.313 e. The SMILES string of the molecule is C=C(CSC(C)(C)CCC=O)N(C)CCC(C)(C)OCC(C)(C)C(=O)OC. The molecule has 0 amide bonds. The van der Waals surface area contributed by atoms with Crippen LogP contribution in [0.5, 0.6) is 0 Å². The van der Waals surface area contributed by atoms with Gasteiger partial charge in [0, 0.05) is 36.2 Å². The van der Waals surface area contributed by atoms with Gasteiger partial charge in [0.2, 0.25) is 0 Å². The second-order valence-electron chi connectivity index (χ2n) is 8.92. The van der Waals surface area contributed by atoms with Crippen LogP contribution in [0.4, 0.5) is 0 Å².